The molecule has 5 rings (SSSR count). The van der Waals surface area contributed by atoms with Gasteiger partial charge in [-0.05, 0) is 19.3 Å². The number of hydrogen-bond donors (Lipinski definition) is 1. The highest BCUT2D eigenvalue weighted by Gasteiger charge is 2.71. The number of amides is 3. The number of aliphatic hydroxyl groups excluding tert-OH is 1. The van der Waals surface area contributed by atoms with Crippen molar-refractivity contribution in [3.05, 3.63) is 24.3 Å². The number of rotatable bonds is 5. The van der Waals surface area contributed by atoms with E-state index < -0.39 is 22.6 Å². The van der Waals surface area contributed by atoms with Crippen molar-refractivity contribution < 1.29 is 19.5 Å². The highest BCUT2D eigenvalue weighted by molar-refractivity contribution is 8.02. The molecule has 3 amide bonds. The second-order valence-corrected chi connectivity index (χ2v) is 11.5. The molecule has 0 radical (unpaired) electrons. The van der Waals surface area contributed by atoms with Crippen molar-refractivity contribution in [3.8, 4) is 0 Å². The van der Waals surface area contributed by atoms with Crippen molar-refractivity contribution in [2.45, 2.75) is 67.5 Å². The average Bonchev–Trinajstić information content (AvgIpc) is 3.12. The van der Waals surface area contributed by atoms with Crippen LogP contribution in [0.5, 0.6) is 0 Å². The lowest BCUT2D eigenvalue weighted by molar-refractivity contribution is -0.145. The molecule has 0 aromatic carbocycles. The summed E-state index contributed by atoms with van der Waals surface area (Å²) in [5.41, 5.74) is 0. The molecule has 5 aliphatic rings. The van der Waals surface area contributed by atoms with Crippen LogP contribution in [0.25, 0.3) is 0 Å². The quantitative estimate of drug-likeness (QED) is 0.616. The first-order chi connectivity index (χ1) is 16.0. The second kappa shape index (κ2) is 9.10. The molecule has 1 spiro atoms. The van der Waals surface area contributed by atoms with Gasteiger partial charge >= 0.3 is 0 Å². The molecule has 4 aliphatic heterocycles. The second-order valence-electron chi connectivity index (χ2n) is 9.99. The normalized spacial score (nSPS) is 36.7. The van der Waals surface area contributed by atoms with E-state index in [1.165, 1.54) is 6.42 Å². The van der Waals surface area contributed by atoms with Crippen LogP contribution < -0.4 is 0 Å². The van der Waals surface area contributed by atoms with E-state index >= 15 is 0 Å². The fourth-order valence-corrected chi connectivity index (χ4v) is 8.75. The van der Waals surface area contributed by atoms with Gasteiger partial charge in [0.2, 0.25) is 17.7 Å². The molecule has 0 bridgehead atoms. The first-order valence-corrected chi connectivity index (χ1v) is 13.4. The van der Waals surface area contributed by atoms with Crippen LogP contribution in [0, 0.1) is 11.8 Å². The van der Waals surface area contributed by atoms with E-state index in [0.29, 0.717) is 19.6 Å². The van der Waals surface area contributed by atoms with E-state index in [4.69, 9.17) is 0 Å². The lowest BCUT2D eigenvalue weighted by Crippen LogP contribution is -2.55. The maximum atomic E-state index is 14.1. The third-order valence-electron chi connectivity index (χ3n) is 8.12. The molecule has 1 saturated carbocycles. The number of aliphatic hydroxyl groups is 1. The molecule has 0 aromatic heterocycles. The van der Waals surface area contributed by atoms with Crippen LogP contribution in [0.4, 0.5) is 0 Å². The van der Waals surface area contributed by atoms with Crippen LogP contribution in [-0.4, -0.2) is 92.4 Å². The van der Waals surface area contributed by atoms with Gasteiger partial charge in [-0.2, -0.15) is 0 Å². The Morgan fingerprint density at radius 1 is 1.03 bits per heavy atom. The molecule has 5 atom stereocenters. The average molecular weight is 474 g/mol. The first kappa shape index (κ1) is 23.0. The number of likely N-dealkylation sites (tertiary alicyclic amines) is 1. The van der Waals surface area contributed by atoms with Gasteiger partial charge in [0, 0.05) is 37.5 Å². The molecule has 33 heavy (non-hydrogen) atoms. The highest BCUT2D eigenvalue weighted by atomic mass is 32.2. The Balaban J connectivity index is 1.55. The monoisotopic (exact) mass is 473 g/mol. The summed E-state index contributed by atoms with van der Waals surface area (Å²) in [5, 5.41) is 9.66. The van der Waals surface area contributed by atoms with E-state index in [9.17, 15) is 19.5 Å². The summed E-state index contributed by atoms with van der Waals surface area (Å²) in [7, 11) is 0. The molecule has 2 saturated heterocycles. The molecular weight excluding hydrogens is 438 g/mol. The number of β-amino-alcohol motifs (C(OH)–C–C–N with tert-alkyl or cyclic N) is 1. The van der Waals surface area contributed by atoms with Gasteiger partial charge in [-0.25, -0.2) is 0 Å². The summed E-state index contributed by atoms with van der Waals surface area (Å²) < 4.78 is -0.767. The molecule has 4 heterocycles. The Kier molecular flexibility index (Phi) is 6.33. The topological polar surface area (TPSA) is 81.2 Å². The number of thioether (sulfide) groups is 1. The van der Waals surface area contributed by atoms with Gasteiger partial charge in [-0.15, -0.1) is 11.8 Å². The van der Waals surface area contributed by atoms with Gasteiger partial charge in [0.25, 0.3) is 0 Å². The number of carbonyl (C=O) groups excluding carboxylic acids is 3. The van der Waals surface area contributed by atoms with Crippen LogP contribution >= 0.6 is 11.8 Å². The van der Waals surface area contributed by atoms with Gasteiger partial charge in [-0.1, -0.05) is 50.5 Å². The van der Waals surface area contributed by atoms with Gasteiger partial charge in [0.1, 0.15) is 6.04 Å². The molecule has 0 aromatic rings. The Labute approximate surface area is 200 Å². The third kappa shape index (κ3) is 3.55. The molecule has 3 fully saturated rings. The van der Waals surface area contributed by atoms with E-state index in [2.05, 4.69) is 25.2 Å². The number of hydrogen-bond acceptors (Lipinski definition) is 5. The van der Waals surface area contributed by atoms with Gasteiger partial charge in [0.15, 0.2) is 0 Å². The summed E-state index contributed by atoms with van der Waals surface area (Å²) >= 11 is 1.62. The van der Waals surface area contributed by atoms with Crippen molar-refractivity contribution in [3.63, 3.8) is 0 Å². The molecule has 1 aliphatic carbocycles. The van der Waals surface area contributed by atoms with E-state index in [1.54, 1.807) is 16.7 Å². The number of nitrogens with zero attached hydrogens (tertiary/aromatic N) is 3. The standard InChI is InChI=1S/C25H35N3O4S/c1-2-12-26-13-6-10-18-19(22(26)30)20-23(31)28(15-16-29)21-24(32)27(17-8-4-3-5-9-17)14-7-11-25(20,21)33-18/h6-7,10-11,17-21,29H,2-5,8-9,12-16H2,1H3/t18-,19+,20+,21?,25+/m1/s1. The molecule has 1 unspecified atom stereocenters. The van der Waals surface area contributed by atoms with Crippen molar-refractivity contribution in [1.82, 2.24) is 14.7 Å². The Bertz CT molecular complexity index is 870. The summed E-state index contributed by atoms with van der Waals surface area (Å²) in [6, 6.07) is -0.463. The third-order valence-corrected chi connectivity index (χ3v) is 9.87. The lowest BCUT2D eigenvalue weighted by Gasteiger charge is -2.39. The number of fused-ring (bicyclic) bond motifs is 2. The zero-order valence-electron chi connectivity index (χ0n) is 19.4. The maximum Gasteiger partial charge on any atom is 0.247 e. The molecule has 8 heteroatoms. The van der Waals surface area contributed by atoms with Crippen LogP contribution in [0.3, 0.4) is 0 Å². The van der Waals surface area contributed by atoms with Crippen molar-refractivity contribution in [2.75, 3.05) is 32.8 Å². The predicted octanol–water partition coefficient (Wildman–Crippen LogP) is 1.82. The SMILES string of the molecule is CCCN1CC=C[C@H]2S[C@]34C=CCN(C5CCCCC5)C(=O)C3N(CCO)C(=O)[C@@H]4[C@H]2C1=O. The predicted molar refractivity (Wildman–Crippen MR) is 127 cm³/mol. The number of carbonyl (C=O) groups is 3. The Morgan fingerprint density at radius 2 is 1.82 bits per heavy atom. The van der Waals surface area contributed by atoms with Crippen LogP contribution in [0.1, 0.15) is 45.4 Å². The minimum absolute atomic E-state index is 0.0120. The molecule has 1 N–H and O–H groups in total. The largest absolute Gasteiger partial charge is 0.395 e. The molecule has 7 nitrogen and oxygen atoms in total. The van der Waals surface area contributed by atoms with Crippen LogP contribution in [-0.2, 0) is 14.4 Å². The zero-order valence-corrected chi connectivity index (χ0v) is 20.2. The van der Waals surface area contributed by atoms with Gasteiger partial charge < -0.3 is 19.8 Å². The minimum Gasteiger partial charge on any atom is -0.395 e. The highest BCUT2D eigenvalue weighted by Crippen LogP contribution is 2.61. The van der Waals surface area contributed by atoms with Gasteiger partial charge in [-0.3, -0.25) is 14.4 Å². The first-order valence-electron chi connectivity index (χ1n) is 12.6. The minimum atomic E-state index is -0.767. The summed E-state index contributed by atoms with van der Waals surface area (Å²) in [5.74, 6) is -1.20. The summed E-state index contributed by atoms with van der Waals surface area (Å²) in [4.78, 5) is 47.0. The van der Waals surface area contributed by atoms with E-state index in [-0.39, 0.29) is 42.2 Å². The zero-order chi connectivity index (χ0) is 23.2. The van der Waals surface area contributed by atoms with Crippen molar-refractivity contribution in [1.29, 1.82) is 0 Å². The Morgan fingerprint density at radius 3 is 2.55 bits per heavy atom. The smallest absolute Gasteiger partial charge is 0.247 e. The van der Waals surface area contributed by atoms with Crippen molar-refractivity contribution >= 4 is 29.5 Å². The lowest BCUT2D eigenvalue weighted by atomic mass is 9.78. The Hall–Kier alpha value is -1.80. The van der Waals surface area contributed by atoms with Crippen molar-refractivity contribution in [2.24, 2.45) is 11.8 Å². The molecule has 180 valence electrons. The van der Waals surface area contributed by atoms with E-state index in [0.717, 1.165) is 32.1 Å². The van der Waals surface area contributed by atoms with Crippen LogP contribution in [0.15, 0.2) is 24.3 Å². The fourth-order valence-electron chi connectivity index (χ4n) is 6.75. The molecular formula is C25H35N3O4S. The van der Waals surface area contributed by atoms with E-state index in [1.807, 2.05) is 15.9 Å². The van der Waals surface area contributed by atoms with Gasteiger partial charge in [0.05, 0.1) is 23.2 Å². The van der Waals surface area contributed by atoms with Crippen LogP contribution in [0.2, 0.25) is 0 Å². The maximum absolute atomic E-state index is 14.1. The fraction of sp³-hybridized carbons (Fsp3) is 0.720. The summed E-state index contributed by atoms with van der Waals surface area (Å²) in [6.45, 7) is 3.77. The summed E-state index contributed by atoms with van der Waals surface area (Å²) in [6.07, 6.45) is 14.6.